The average molecular weight is 289 g/mol. The molecule has 0 fully saturated rings. The number of aryl methyl sites for hydroxylation is 1. The average Bonchev–Trinajstić information content (AvgIpc) is 2.76. The summed E-state index contributed by atoms with van der Waals surface area (Å²) in [6.07, 6.45) is -4.41. The predicted octanol–water partition coefficient (Wildman–Crippen LogP) is 3.28. The van der Waals surface area contributed by atoms with E-state index in [1.165, 1.54) is 0 Å². The van der Waals surface area contributed by atoms with Gasteiger partial charge in [0.2, 0.25) is 0 Å². The van der Waals surface area contributed by atoms with Crippen LogP contribution in [0.25, 0.3) is 0 Å². The highest BCUT2D eigenvalue weighted by molar-refractivity contribution is 8.16. The first-order valence-electron chi connectivity index (χ1n) is 5.40. The van der Waals surface area contributed by atoms with Gasteiger partial charge in [0, 0.05) is 5.75 Å². The van der Waals surface area contributed by atoms with Crippen LogP contribution in [0.5, 0.6) is 0 Å². The minimum Gasteiger partial charge on any atom is -0.476 e. The number of hydrogen-bond acceptors (Lipinski definition) is 3. The summed E-state index contributed by atoms with van der Waals surface area (Å²) < 4.78 is 38.1. The normalized spacial score (nSPS) is 19.4. The van der Waals surface area contributed by atoms with Crippen molar-refractivity contribution in [3.63, 3.8) is 0 Å². The Balaban J connectivity index is 2.37. The molecule has 1 N–H and O–H groups in total. The van der Waals surface area contributed by atoms with Gasteiger partial charge in [-0.15, -0.1) is 0 Å². The van der Waals surface area contributed by atoms with Crippen LogP contribution in [0.15, 0.2) is 23.2 Å². The molecule has 19 heavy (non-hydrogen) atoms. The van der Waals surface area contributed by atoms with Gasteiger partial charge < -0.3 is 5.11 Å². The number of aliphatic imine (C=N–C) groups is 1. The highest BCUT2D eigenvalue weighted by Gasteiger charge is 2.32. The molecule has 1 unspecified atom stereocenters. The number of rotatable bonds is 2. The zero-order valence-corrected chi connectivity index (χ0v) is 10.7. The van der Waals surface area contributed by atoms with E-state index >= 15 is 0 Å². The van der Waals surface area contributed by atoms with Crippen molar-refractivity contribution < 1.29 is 23.1 Å². The number of carbonyl (C=O) groups is 1. The maximum Gasteiger partial charge on any atom is 0.416 e. The zero-order chi connectivity index (χ0) is 14.2. The summed E-state index contributed by atoms with van der Waals surface area (Å²) in [6, 6.07) is 3.17. The maximum absolute atomic E-state index is 12.7. The van der Waals surface area contributed by atoms with Crippen LogP contribution < -0.4 is 0 Å². The number of thioether (sulfide) groups is 1. The third-order valence-corrected chi connectivity index (χ3v) is 3.68. The second-order valence-corrected chi connectivity index (χ2v) is 5.21. The van der Waals surface area contributed by atoms with E-state index in [0.717, 1.165) is 23.9 Å². The Hall–Kier alpha value is -1.50. The first-order chi connectivity index (χ1) is 8.77. The number of nitrogens with zero attached hydrogens (tertiary/aromatic N) is 1. The lowest BCUT2D eigenvalue weighted by atomic mass is 10.0. The molecule has 102 valence electrons. The molecule has 0 saturated carbocycles. The molecule has 0 saturated heterocycles. The van der Waals surface area contributed by atoms with Crippen molar-refractivity contribution in [1.82, 2.24) is 0 Å². The van der Waals surface area contributed by atoms with Crippen LogP contribution in [0.2, 0.25) is 0 Å². The van der Waals surface area contributed by atoms with Crippen LogP contribution in [-0.2, 0) is 11.0 Å². The molecule has 0 amide bonds. The van der Waals surface area contributed by atoms with E-state index in [9.17, 15) is 18.0 Å². The molecule has 0 spiro atoms. The molecule has 1 aromatic rings. The standard InChI is InChI=1S/C12H10F3NO2S/c1-6-2-7(4-8(3-6)12(13,14)15)9-5-19-10(16-9)11(17)18/h2-4,9H,5H2,1H3,(H,17,18). The highest BCUT2D eigenvalue weighted by Crippen LogP contribution is 2.35. The van der Waals surface area contributed by atoms with Crippen LogP contribution in [0.4, 0.5) is 13.2 Å². The van der Waals surface area contributed by atoms with E-state index in [-0.39, 0.29) is 5.04 Å². The van der Waals surface area contributed by atoms with Crippen LogP contribution in [-0.4, -0.2) is 21.9 Å². The Bertz CT molecular complexity index is 554. The molecular formula is C12H10F3NO2S. The largest absolute Gasteiger partial charge is 0.476 e. The summed E-state index contributed by atoms with van der Waals surface area (Å²) in [7, 11) is 0. The molecular weight excluding hydrogens is 279 g/mol. The van der Waals surface area contributed by atoms with Crippen molar-refractivity contribution in [2.45, 2.75) is 19.1 Å². The van der Waals surface area contributed by atoms with Crippen molar-refractivity contribution in [1.29, 1.82) is 0 Å². The molecule has 0 aromatic heterocycles. The number of alkyl halides is 3. The number of aliphatic carboxylic acids is 1. The Morgan fingerprint density at radius 2 is 2.11 bits per heavy atom. The van der Waals surface area contributed by atoms with Gasteiger partial charge >= 0.3 is 12.1 Å². The van der Waals surface area contributed by atoms with Crippen molar-refractivity contribution in [2.24, 2.45) is 4.99 Å². The summed E-state index contributed by atoms with van der Waals surface area (Å²) in [5.74, 6) is -0.793. The fourth-order valence-electron chi connectivity index (χ4n) is 1.83. The summed E-state index contributed by atoms with van der Waals surface area (Å²) in [5.41, 5.74) is 0.149. The minimum absolute atomic E-state index is 0.0555. The fourth-order valence-corrected chi connectivity index (χ4v) is 2.74. The molecule has 2 rings (SSSR count). The Morgan fingerprint density at radius 3 is 2.63 bits per heavy atom. The van der Waals surface area contributed by atoms with Crippen LogP contribution in [0, 0.1) is 6.92 Å². The SMILES string of the molecule is Cc1cc(C2CSC(C(=O)O)=N2)cc(C(F)(F)F)c1. The summed E-state index contributed by atoms with van der Waals surface area (Å²) in [4.78, 5) is 14.7. The van der Waals surface area contributed by atoms with Gasteiger partial charge in [-0.2, -0.15) is 13.2 Å². The maximum atomic E-state index is 12.7. The van der Waals surface area contributed by atoms with Gasteiger partial charge in [-0.1, -0.05) is 23.4 Å². The van der Waals surface area contributed by atoms with Crippen LogP contribution >= 0.6 is 11.8 Å². The molecule has 1 aliphatic rings. The molecule has 0 aliphatic carbocycles. The molecule has 1 aromatic carbocycles. The first-order valence-corrected chi connectivity index (χ1v) is 6.38. The van der Waals surface area contributed by atoms with Gasteiger partial charge in [-0.3, -0.25) is 4.99 Å². The zero-order valence-electron chi connectivity index (χ0n) is 9.86. The summed E-state index contributed by atoms with van der Waals surface area (Å²) >= 11 is 1.04. The number of halogens is 3. The van der Waals surface area contributed by atoms with Crippen molar-refractivity contribution in [3.05, 3.63) is 34.9 Å². The number of benzene rings is 1. The van der Waals surface area contributed by atoms with Gasteiger partial charge in [0.1, 0.15) is 0 Å². The minimum atomic E-state index is -4.41. The number of carboxylic acid groups (broad SMARTS) is 1. The summed E-state index contributed by atoms with van der Waals surface area (Å²) in [6.45, 7) is 1.57. The second-order valence-electron chi connectivity index (χ2n) is 4.20. The van der Waals surface area contributed by atoms with Gasteiger partial charge in [-0.05, 0) is 24.6 Å². The van der Waals surface area contributed by atoms with Crippen LogP contribution in [0.3, 0.4) is 0 Å². The fraction of sp³-hybridized carbons (Fsp3) is 0.333. The van der Waals surface area contributed by atoms with E-state index in [1.54, 1.807) is 13.0 Å². The lowest BCUT2D eigenvalue weighted by molar-refractivity contribution is -0.137. The van der Waals surface area contributed by atoms with E-state index in [2.05, 4.69) is 4.99 Å². The van der Waals surface area contributed by atoms with Crippen molar-refractivity contribution in [3.8, 4) is 0 Å². The molecule has 1 heterocycles. The molecule has 3 nitrogen and oxygen atoms in total. The molecule has 0 bridgehead atoms. The molecule has 0 radical (unpaired) electrons. The van der Waals surface area contributed by atoms with E-state index in [4.69, 9.17) is 5.11 Å². The lowest BCUT2D eigenvalue weighted by Gasteiger charge is -2.12. The Kier molecular flexibility index (Phi) is 3.58. The molecule has 7 heteroatoms. The third kappa shape index (κ3) is 3.09. The van der Waals surface area contributed by atoms with Crippen LogP contribution in [0.1, 0.15) is 22.7 Å². The molecule has 1 aliphatic heterocycles. The van der Waals surface area contributed by atoms with E-state index in [1.807, 2.05) is 0 Å². The van der Waals surface area contributed by atoms with Crippen molar-refractivity contribution >= 4 is 22.8 Å². The van der Waals surface area contributed by atoms with Gasteiger partial charge in [0.05, 0.1) is 11.6 Å². The first kappa shape index (κ1) is 13.9. The Morgan fingerprint density at radius 1 is 1.42 bits per heavy atom. The van der Waals surface area contributed by atoms with Crippen molar-refractivity contribution in [2.75, 3.05) is 5.75 Å². The predicted molar refractivity (Wildman–Crippen MR) is 66.5 cm³/mol. The van der Waals surface area contributed by atoms with Gasteiger partial charge in [0.15, 0.2) is 5.04 Å². The third-order valence-electron chi connectivity index (χ3n) is 2.65. The number of hydrogen-bond donors (Lipinski definition) is 1. The second kappa shape index (κ2) is 4.88. The summed E-state index contributed by atoms with van der Waals surface area (Å²) in [5, 5.41) is 8.73. The quantitative estimate of drug-likeness (QED) is 0.909. The Labute approximate surface area is 111 Å². The lowest BCUT2D eigenvalue weighted by Crippen LogP contribution is -2.07. The monoisotopic (exact) mass is 289 g/mol. The smallest absolute Gasteiger partial charge is 0.416 e. The van der Waals surface area contributed by atoms with E-state index < -0.39 is 23.8 Å². The highest BCUT2D eigenvalue weighted by atomic mass is 32.2. The topological polar surface area (TPSA) is 49.7 Å². The van der Waals surface area contributed by atoms with E-state index in [0.29, 0.717) is 16.9 Å². The van der Waals surface area contributed by atoms with Gasteiger partial charge in [-0.25, -0.2) is 4.79 Å². The molecule has 1 atom stereocenters. The van der Waals surface area contributed by atoms with Gasteiger partial charge in [0.25, 0.3) is 0 Å². The number of carboxylic acids is 1.